The summed E-state index contributed by atoms with van der Waals surface area (Å²) in [4.78, 5) is 0. The lowest BCUT2D eigenvalue weighted by atomic mass is 10.1. The Labute approximate surface area is 220 Å². The summed E-state index contributed by atoms with van der Waals surface area (Å²) in [6.45, 7) is 16.5. The molecule has 4 atom stereocenters. The van der Waals surface area contributed by atoms with Crippen LogP contribution < -0.4 is 4.74 Å². The van der Waals surface area contributed by atoms with Gasteiger partial charge in [0.2, 0.25) is 8.32 Å². The second-order valence-corrected chi connectivity index (χ2v) is 16.1. The van der Waals surface area contributed by atoms with Crippen LogP contribution in [0.4, 0.5) is 0 Å². The van der Waals surface area contributed by atoms with Gasteiger partial charge in [-0.2, -0.15) is 0 Å². The summed E-state index contributed by atoms with van der Waals surface area (Å²) >= 11 is 0. The summed E-state index contributed by atoms with van der Waals surface area (Å²) in [7, 11) is -0.572. The van der Waals surface area contributed by atoms with E-state index < -0.39 is 14.4 Å². The van der Waals surface area contributed by atoms with Crippen LogP contribution in [0.5, 0.6) is 5.75 Å². The van der Waals surface area contributed by atoms with Crippen molar-refractivity contribution in [2.45, 2.75) is 116 Å². The van der Waals surface area contributed by atoms with Gasteiger partial charge in [0.1, 0.15) is 11.9 Å². The third kappa shape index (κ3) is 8.40. The molecule has 7 heteroatoms. The normalized spacial score (nSPS) is 21.0. The van der Waals surface area contributed by atoms with Gasteiger partial charge < -0.3 is 28.5 Å². The van der Waals surface area contributed by atoms with Crippen LogP contribution >= 0.6 is 0 Å². The molecule has 0 bridgehead atoms. The van der Waals surface area contributed by atoms with E-state index in [4.69, 9.17) is 23.4 Å². The minimum absolute atomic E-state index is 0.0319. The molecular weight excluding hydrogens is 472 g/mol. The molecule has 0 radical (unpaired) electrons. The summed E-state index contributed by atoms with van der Waals surface area (Å²) in [6.07, 6.45) is 6.05. The van der Waals surface area contributed by atoms with Gasteiger partial charge in [-0.25, -0.2) is 0 Å². The summed E-state index contributed by atoms with van der Waals surface area (Å²) in [5, 5.41) is 10.4. The highest BCUT2D eigenvalue weighted by atomic mass is 28.4. The van der Waals surface area contributed by atoms with E-state index in [9.17, 15) is 5.11 Å². The Bertz CT molecular complexity index is 740. The molecule has 1 aliphatic heterocycles. The fourth-order valence-corrected chi connectivity index (χ4v) is 11.1. The van der Waals surface area contributed by atoms with Crippen molar-refractivity contribution in [2.75, 3.05) is 20.3 Å². The number of rotatable bonds is 15. The zero-order chi connectivity index (χ0) is 26.7. The van der Waals surface area contributed by atoms with Crippen LogP contribution in [0.2, 0.25) is 16.6 Å². The summed E-state index contributed by atoms with van der Waals surface area (Å²) in [5.41, 5.74) is 2.28. The summed E-state index contributed by atoms with van der Waals surface area (Å²) in [5.74, 6) is 0.807. The molecule has 0 spiro atoms. The average Bonchev–Trinajstić information content (AvgIpc) is 2.85. The van der Waals surface area contributed by atoms with Crippen molar-refractivity contribution in [3.63, 3.8) is 0 Å². The highest BCUT2D eigenvalue weighted by molar-refractivity contribution is 6.77. The van der Waals surface area contributed by atoms with E-state index in [0.717, 1.165) is 30.6 Å². The Morgan fingerprint density at radius 1 is 1.03 bits per heavy atom. The molecule has 1 aromatic carbocycles. The number of hydrogen-bond donors (Lipinski definition) is 1. The van der Waals surface area contributed by atoms with Gasteiger partial charge >= 0.3 is 0 Å². The summed E-state index contributed by atoms with van der Waals surface area (Å²) < 4.78 is 30.5. The van der Waals surface area contributed by atoms with E-state index in [1.807, 2.05) is 31.2 Å². The molecule has 1 saturated heterocycles. The molecule has 1 heterocycles. The number of ether oxygens (including phenoxy) is 4. The molecule has 0 aromatic heterocycles. The molecule has 1 N–H and O–H groups in total. The third-order valence-electron chi connectivity index (χ3n) is 7.34. The van der Waals surface area contributed by atoms with Crippen molar-refractivity contribution in [2.24, 2.45) is 0 Å². The maximum Gasteiger partial charge on any atom is 0.201 e. The van der Waals surface area contributed by atoms with Crippen molar-refractivity contribution in [1.82, 2.24) is 0 Å². The first-order chi connectivity index (χ1) is 17.2. The Kier molecular flexibility index (Phi) is 13.1. The lowest BCUT2D eigenvalue weighted by Gasteiger charge is -2.45. The average molecular weight is 523 g/mol. The fraction of sp³-hybridized carbons (Fsp3) is 0.724. The van der Waals surface area contributed by atoms with Gasteiger partial charge in [0.15, 0.2) is 6.29 Å². The number of methoxy groups -OCH3 is 1. The van der Waals surface area contributed by atoms with Crippen LogP contribution in [-0.2, 0) is 25.2 Å². The number of aliphatic hydroxyl groups is 1. The smallest absolute Gasteiger partial charge is 0.201 e. The van der Waals surface area contributed by atoms with E-state index in [2.05, 4.69) is 53.7 Å². The molecular formula is C29H50O6Si. The van der Waals surface area contributed by atoms with Crippen molar-refractivity contribution in [3.05, 3.63) is 42.0 Å². The molecule has 6 nitrogen and oxygen atoms in total. The first-order valence-corrected chi connectivity index (χ1v) is 15.8. The molecule has 36 heavy (non-hydrogen) atoms. The van der Waals surface area contributed by atoms with Crippen LogP contribution in [0.15, 0.2) is 36.4 Å². The topological polar surface area (TPSA) is 66.4 Å². The SMILES string of the molecule is CCO[C@H]1CCC[C@@H](/C=C/[C@H](O[Si](C(C)C)(C(C)C)C(C)C)[C@H](CO)OCc2ccc(OC)cc2)O1. The Morgan fingerprint density at radius 3 is 2.19 bits per heavy atom. The maximum absolute atomic E-state index is 10.4. The first-order valence-electron chi connectivity index (χ1n) is 13.7. The van der Waals surface area contributed by atoms with E-state index in [1.54, 1.807) is 7.11 Å². The quantitative estimate of drug-likeness (QED) is 0.206. The molecule has 0 amide bonds. The molecule has 1 fully saturated rings. The zero-order valence-electron chi connectivity index (χ0n) is 23.7. The van der Waals surface area contributed by atoms with Gasteiger partial charge in [0.25, 0.3) is 0 Å². The molecule has 1 aromatic rings. The molecule has 0 saturated carbocycles. The second-order valence-electron chi connectivity index (χ2n) is 10.7. The largest absolute Gasteiger partial charge is 0.497 e. The Hall–Kier alpha value is -1.22. The number of hydrogen-bond acceptors (Lipinski definition) is 6. The summed E-state index contributed by atoms with van der Waals surface area (Å²) in [6, 6.07) is 7.81. The molecule has 2 rings (SSSR count). The zero-order valence-corrected chi connectivity index (χ0v) is 24.7. The highest BCUT2D eigenvalue weighted by Crippen LogP contribution is 2.43. The van der Waals surface area contributed by atoms with E-state index in [-0.39, 0.29) is 25.1 Å². The van der Waals surface area contributed by atoms with Gasteiger partial charge in [0, 0.05) is 6.61 Å². The molecule has 206 valence electrons. The minimum atomic E-state index is -2.23. The molecule has 0 aliphatic carbocycles. The number of benzene rings is 1. The molecule has 1 aliphatic rings. The van der Waals surface area contributed by atoms with Gasteiger partial charge in [-0.15, -0.1) is 0 Å². The predicted octanol–water partition coefficient (Wildman–Crippen LogP) is 6.62. The monoisotopic (exact) mass is 522 g/mol. The lowest BCUT2D eigenvalue weighted by Crippen LogP contribution is -2.52. The van der Waals surface area contributed by atoms with Gasteiger partial charge in [-0.1, -0.05) is 65.8 Å². The fourth-order valence-electron chi connectivity index (χ4n) is 5.56. The first kappa shape index (κ1) is 31.0. The van der Waals surface area contributed by atoms with Crippen molar-refractivity contribution in [1.29, 1.82) is 0 Å². The predicted molar refractivity (Wildman–Crippen MR) is 148 cm³/mol. The van der Waals surface area contributed by atoms with Crippen LogP contribution in [0, 0.1) is 0 Å². The van der Waals surface area contributed by atoms with E-state index >= 15 is 0 Å². The molecule has 0 unspecified atom stereocenters. The lowest BCUT2D eigenvalue weighted by molar-refractivity contribution is -0.179. The van der Waals surface area contributed by atoms with Crippen molar-refractivity contribution in [3.8, 4) is 5.75 Å². The van der Waals surface area contributed by atoms with Crippen LogP contribution in [0.1, 0.15) is 73.3 Å². The van der Waals surface area contributed by atoms with Gasteiger partial charge in [0.05, 0.1) is 32.5 Å². The highest BCUT2D eigenvalue weighted by Gasteiger charge is 2.47. The Morgan fingerprint density at radius 2 is 1.67 bits per heavy atom. The van der Waals surface area contributed by atoms with Crippen LogP contribution in [-0.4, -0.2) is 58.3 Å². The third-order valence-corrected chi connectivity index (χ3v) is 13.4. The van der Waals surface area contributed by atoms with Gasteiger partial charge in [-0.3, -0.25) is 0 Å². The maximum atomic E-state index is 10.4. The Balaban J connectivity index is 2.28. The van der Waals surface area contributed by atoms with Crippen LogP contribution in [0.3, 0.4) is 0 Å². The standard InChI is InChI=1S/C29H50O6Si/c1-9-32-29-12-10-11-26(34-29)17-18-27(35-36(21(2)3,22(4)5)23(6)7)28(19-30)33-20-24-13-15-25(31-8)16-14-24/h13-18,21-23,26-30H,9-12,19-20H2,1-8H3/b18-17+/t26-,27-,28-,29+/m0/s1. The van der Waals surface area contributed by atoms with E-state index in [0.29, 0.717) is 29.8 Å². The van der Waals surface area contributed by atoms with Crippen molar-refractivity contribution >= 4 is 8.32 Å². The van der Waals surface area contributed by atoms with E-state index in [1.165, 1.54) is 0 Å². The van der Waals surface area contributed by atoms with Gasteiger partial charge in [-0.05, 0) is 60.5 Å². The second kappa shape index (κ2) is 15.3. The van der Waals surface area contributed by atoms with Crippen molar-refractivity contribution < 1.29 is 28.5 Å². The number of aliphatic hydroxyl groups excluding tert-OH is 1. The minimum Gasteiger partial charge on any atom is -0.497 e. The van der Waals surface area contributed by atoms with Crippen LogP contribution in [0.25, 0.3) is 0 Å².